The number of sulfone groups is 1. The molecule has 0 saturated carbocycles. The van der Waals surface area contributed by atoms with E-state index >= 15 is 0 Å². The Hall–Kier alpha value is -3.23. The number of thiophene rings is 1. The number of hydrogen-bond acceptors (Lipinski definition) is 7. The van der Waals surface area contributed by atoms with Gasteiger partial charge >= 0.3 is 0 Å². The molecule has 6 nitrogen and oxygen atoms in total. The van der Waals surface area contributed by atoms with Gasteiger partial charge in [-0.25, -0.2) is 18.4 Å². The predicted octanol–water partition coefficient (Wildman–Crippen LogP) is 4.82. The van der Waals surface area contributed by atoms with E-state index in [2.05, 4.69) is 16.4 Å². The first-order valence-electron chi connectivity index (χ1n) is 9.72. The van der Waals surface area contributed by atoms with Crippen LogP contribution in [0, 0.1) is 0 Å². The molecule has 0 amide bonds. The van der Waals surface area contributed by atoms with E-state index in [1.54, 1.807) is 47.7 Å². The molecule has 0 atom stereocenters. The Kier molecular flexibility index (Phi) is 4.75. The average molecular weight is 450 g/mol. The molecule has 1 aliphatic carbocycles. The first-order chi connectivity index (χ1) is 14.9. The van der Waals surface area contributed by atoms with Crippen molar-refractivity contribution >= 4 is 32.8 Å². The average Bonchev–Trinajstić information content (AvgIpc) is 3.19. The zero-order chi connectivity index (χ0) is 21.6. The zero-order valence-corrected chi connectivity index (χ0v) is 18.3. The molecule has 8 heteroatoms. The van der Waals surface area contributed by atoms with Crippen LogP contribution in [0.5, 0.6) is 5.75 Å². The summed E-state index contributed by atoms with van der Waals surface area (Å²) in [5, 5.41) is 13.0. The van der Waals surface area contributed by atoms with Gasteiger partial charge in [0.15, 0.2) is 9.84 Å². The van der Waals surface area contributed by atoms with Crippen LogP contribution in [0.2, 0.25) is 0 Å². The molecule has 1 aliphatic rings. The molecule has 2 N–H and O–H groups in total. The van der Waals surface area contributed by atoms with Crippen molar-refractivity contribution in [2.45, 2.75) is 17.7 Å². The maximum atomic E-state index is 11.6. The zero-order valence-electron chi connectivity index (χ0n) is 16.7. The van der Waals surface area contributed by atoms with Gasteiger partial charge in [0.25, 0.3) is 0 Å². The molecular formula is C23H19N3O3S2. The highest BCUT2D eigenvalue weighted by atomic mass is 32.2. The molecule has 31 heavy (non-hydrogen) atoms. The van der Waals surface area contributed by atoms with E-state index in [0.29, 0.717) is 11.6 Å². The summed E-state index contributed by atoms with van der Waals surface area (Å²) in [7, 11) is -3.23. The summed E-state index contributed by atoms with van der Waals surface area (Å²) in [6.07, 6.45) is 4.86. The van der Waals surface area contributed by atoms with E-state index in [-0.39, 0.29) is 10.6 Å². The first-order valence-corrected chi connectivity index (χ1v) is 12.4. The van der Waals surface area contributed by atoms with E-state index in [9.17, 15) is 13.5 Å². The summed E-state index contributed by atoms with van der Waals surface area (Å²) in [4.78, 5) is 11.8. The summed E-state index contributed by atoms with van der Waals surface area (Å²) in [6, 6.07) is 15.9. The molecule has 0 spiro atoms. The normalized spacial score (nSPS) is 12.8. The molecule has 2 aromatic heterocycles. The van der Waals surface area contributed by atoms with Crippen molar-refractivity contribution in [2.75, 3.05) is 11.6 Å². The van der Waals surface area contributed by atoms with Gasteiger partial charge in [-0.05, 0) is 66.4 Å². The monoisotopic (exact) mass is 449 g/mol. The Morgan fingerprint density at radius 2 is 1.87 bits per heavy atom. The van der Waals surface area contributed by atoms with Crippen LogP contribution in [-0.4, -0.2) is 29.7 Å². The second-order valence-corrected chi connectivity index (χ2v) is 10.6. The number of rotatable bonds is 4. The van der Waals surface area contributed by atoms with Crippen molar-refractivity contribution < 1.29 is 13.5 Å². The van der Waals surface area contributed by atoms with Crippen LogP contribution in [0.15, 0.2) is 65.7 Å². The standard InChI is InChI=1S/C23H19N3O3S2/c1-31(28,29)18-8-6-16(7-9-18)25-23-24-13-15-5-10-20-19(22(15)26-23)12-21(30-20)14-3-2-4-17(27)11-14/h2-4,6-9,11-13,27H,5,10H2,1H3,(H,24,25,26). The molecule has 0 fully saturated rings. The van der Waals surface area contributed by atoms with Crippen LogP contribution in [0.1, 0.15) is 10.4 Å². The van der Waals surface area contributed by atoms with Crippen LogP contribution in [0.25, 0.3) is 21.7 Å². The number of aromatic nitrogens is 2. The minimum atomic E-state index is -3.23. The van der Waals surface area contributed by atoms with Crippen molar-refractivity contribution in [3.8, 4) is 27.4 Å². The Labute approximate surface area is 184 Å². The lowest BCUT2D eigenvalue weighted by Gasteiger charge is -2.16. The molecule has 4 aromatic rings. The van der Waals surface area contributed by atoms with Crippen LogP contribution >= 0.6 is 11.3 Å². The topological polar surface area (TPSA) is 92.2 Å². The highest BCUT2D eigenvalue weighted by Crippen LogP contribution is 2.42. The Balaban J connectivity index is 1.47. The number of phenols is 1. The van der Waals surface area contributed by atoms with Gasteiger partial charge in [-0.1, -0.05) is 12.1 Å². The fourth-order valence-corrected chi connectivity index (χ4v) is 5.45. The maximum absolute atomic E-state index is 11.6. The molecule has 0 radical (unpaired) electrons. The number of nitrogens with zero attached hydrogens (tertiary/aromatic N) is 2. The fraction of sp³-hybridized carbons (Fsp3) is 0.130. The third kappa shape index (κ3) is 3.92. The molecule has 0 unspecified atom stereocenters. The quantitative estimate of drug-likeness (QED) is 0.464. The van der Waals surface area contributed by atoms with Crippen LogP contribution in [0.4, 0.5) is 11.6 Å². The lowest BCUT2D eigenvalue weighted by atomic mass is 9.96. The van der Waals surface area contributed by atoms with E-state index < -0.39 is 9.84 Å². The van der Waals surface area contributed by atoms with E-state index in [4.69, 9.17) is 4.98 Å². The van der Waals surface area contributed by atoms with Gasteiger partial charge in [-0.3, -0.25) is 0 Å². The number of anilines is 2. The Morgan fingerprint density at radius 1 is 1.06 bits per heavy atom. The molecule has 5 rings (SSSR count). The highest BCUT2D eigenvalue weighted by molar-refractivity contribution is 7.90. The summed E-state index contributed by atoms with van der Waals surface area (Å²) in [6.45, 7) is 0. The van der Waals surface area contributed by atoms with Crippen LogP contribution in [0.3, 0.4) is 0 Å². The maximum Gasteiger partial charge on any atom is 0.227 e. The lowest BCUT2D eigenvalue weighted by molar-refractivity contribution is 0.475. The summed E-state index contributed by atoms with van der Waals surface area (Å²) in [5.41, 5.74) is 4.82. The third-order valence-electron chi connectivity index (χ3n) is 5.22. The Morgan fingerprint density at radius 3 is 2.61 bits per heavy atom. The number of phenolic OH excluding ortho intramolecular Hbond substituents is 1. The summed E-state index contributed by atoms with van der Waals surface area (Å²) >= 11 is 1.73. The Bertz CT molecular complexity index is 1390. The van der Waals surface area contributed by atoms with Crippen LogP contribution < -0.4 is 5.32 Å². The van der Waals surface area contributed by atoms with Crippen molar-refractivity contribution in [3.63, 3.8) is 0 Å². The molecular weight excluding hydrogens is 430 g/mol. The van der Waals surface area contributed by atoms with E-state index in [1.807, 2.05) is 18.3 Å². The van der Waals surface area contributed by atoms with Gasteiger partial charge in [0.2, 0.25) is 5.95 Å². The SMILES string of the molecule is CS(=O)(=O)c1ccc(Nc2ncc3c(n2)-c2cc(-c4cccc(O)c4)sc2CC3)cc1. The first kappa shape index (κ1) is 19.7. The molecule has 0 bridgehead atoms. The predicted molar refractivity (Wildman–Crippen MR) is 123 cm³/mol. The van der Waals surface area contributed by atoms with Crippen molar-refractivity contribution in [1.82, 2.24) is 9.97 Å². The smallest absolute Gasteiger partial charge is 0.227 e. The highest BCUT2D eigenvalue weighted by Gasteiger charge is 2.22. The van der Waals surface area contributed by atoms with Crippen molar-refractivity contribution in [1.29, 1.82) is 0 Å². The van der Waals surface area contributed by atoms with Gasteiger partial charge in [0.05, 0.1) is 10.6 Å². The van der Waals surface area contributed by atoms with Crippen molar-refractivity contribution in [2.24, 2.45) is 0 Å². The molecule has 0 saturated heterocycles. The van der Waals surface area contributed by atoms with E-state index in [0.717, 1.165) is 40.1 Å². The number of aryl methyl sites for hydroxylation is 2. The second kappa shape index (κ2) is 7.47. The number of hydrogen-bond donors (Lipinski definition) is 2. The van der Waals surface area contributed by atoms with E-state index in [1.165, 1.54) is 11.1 Å². The van der Waals surface area contributed by atoms with Crippen LogP contribution in [-0.2, 0) is 22.7 Å². The molecule has 0 aliphatic heterocycles. The number of aromatic hydroxyl groups is 1. The summed E-state index contributed by atoms with van der Waals surface area (Å²) < 4.78 is 23.3. The third-order valence-corrected chi connectivity index (χ3v) is 7.59. The number of fused-ring (bicyclic) bond motifs is 3. The van der Waals surface area contributed by atoms with Gasteiger partial charge in [0.1, 0.15) is 5.75 Å². The fourth-order valence-electron chi connectivity index (χ4n) is 3.66. The minimum absolute atomic E-state index is 0.250. The molecule has 2 aromatic carbocycles. The van der Waals surface area contributed by atoms with Gasteiger partial charge < -0.3 is 10.4 Å². The second-order valence-electron chi connectivity index (χ2n) is 7.49. The van der Waals surface area contributed by atoms with Crippen molar-refractivity contribution in [3.05, 3.63) is 71.2 Å². The largest absolute Gasteiger partial charge is 0.508 e. The van der Waals surface area contributed by atoms with Gasteiger partial charge in [-0.15, -0.1) is 11.3 Å². The van der Waals surface area contributed by atoms with Gasteiger partial charge in [0, 0.05) is 33.5 Å². The minimum Gasteiger partial charge on any atom is -0.508 e. The number of nitrogens with one attached hydrogen (secondary N) is 1. The number of benzene rings is 2. The van der Waals surface area contributed by atoms with Gasteiger partial charge in [-0.2, -0.15) is 0 Å². The lowest BCUT2D eigenvalue weighted by Crippen LogP contribution is -2.07. The summed E-state index contributed by atoms with van der Waals surface area (Å²) in [5.74, 6) is 0.712. The molecule has 156 valence electrons. The molecule has 2 heterocycles.